The van der Waals surface area contributed by atoms with Gasteiger partial charge in [-0.15, -0.1) is 20.4 Å². The zero-order valence-electron chi connectivity index (χ0n) is 16.0. The van der Waals surface area contributed by atoms with E-state index in [1.54, 1.807) is 12.1 Å². The molecule has 0 atom stereocenters. The predicted octanol–water partition coefficient (Wildman–Crippen LogP) is 2.86. The number of amides is 1. The third-order valence-corrected chi connectivity index (χ3v) is 6.24. The molecule has 1 N–H and O–H groups in total. The molecule has 0 fully saturated rings. The Balaban J connectivity index is 1.72. The van der Waals surface area contributed by atoms with E-state index in [-0.39, 0.29) is 22.4 Å². The van der Waals surface area contributed by atoms with Gasteiger partial charge in [-0.25, -0.2) is 8.42 Å². The van der Waals surface area contributed by atoms with E-state index < -0.39 is 15.9 Å². The van der Waals surface area contributed by atoms with Crippen LogP contribution in [0.1, 0.15) is 15.9 Å². The summed E-state index contributed by atoms with van der Waals surface area (Å²) in [7, 11) is -2.39. The first-order chi connectivity index (χ1) is 14.2. The van der Waals surface area contributed by atoms with Crippen molar-refractivity contribution in [3.63, 3.8) is 0 Å². The van der Waals surface area contributed by atoms with E-state index in [4.69, 9.17) is 11.6 Å². The van der Waals surface area contributed by atoms with E-state index in [9.17, 15) is 13.2 Å². The molecule has 0 aliphatic carbocycles. The highest BCUT2D eigenvalue weighted by Crippen LogP contribution is 2.23. The summed E-state index contributed by atoms with van der Waals surface area (Å²) < 4.78 is 24.5. The van der Waals surface area contributed by atoms with Crippen molar-refractivity contribution in [3.8, 4) is 0 Å². The molecule has 1 amide bonds. The van der Waals surface area contributed by atoms with E-state index in [0.717, 1.165) is 21.9 Å². The van der Waals surface area contributed by atoms with Gasteiger partial charge in [0, 0.05) is 12.8 Å². The third kappa shape index (κ3) is 5.65. The lowest BCUT2D eigenvalue weighted by Gasteiger charge is -2.17. The molecule has 0 radical (unpaired) electrons. The number of nitrogens with one attached hydrogen (secondary N) is 1. The highest BCUT2D eigenvalue weighted by atomic mass is 35.5. The highest BCUT2D eigenvalue weighted by Gasteiger charge is 2.23. The molecule has 3 rings (SSSR count). The summed E-state index contributed by atoms with van der Waals surface area (Å²) in [6.45, 7) is 0. The molecule has 156 valence electrons. The van der Waals surface area contributed by atoms with Gasteiger partial charge in [-0.1, -0.05) is 53.7 Å². The minimum Gasteiger partial charge on any atom is -0.305 e. The van der Waals surface area contributed by atoms with Gasteiger partial charge in [-0.2, -0.15) is 0 Å². The van der Waals surface area contributed by atoms with Crippen molar-refractivity contribution in [2.75, 3.05) is 22.9 Å². The van der Waals surface area contributed by atoms with Crippen molar-refractivity contribution in [2.45, 2.75) is 10.8 Å². The van der Waals surface area contributed by atoms with E-state index in [1.165, 1.54) is 24.9 Å². The number of halogens is 1. The number of anilines is 2. The largest absolute Gasteiger partial charge is 0.305 e. The Hall–Kier alpha value is -2.76. The van der Waals surface area contributed by atoms with Gasteiger partial charge >= 0.3 is 0 Å². The predicted molar refractivity (Wildman–Crippen MR) is 116 cm³/mol. The maximum absolute atomic E-state index is 12.7. The number of sulfonamides is 1. The van der Waals surface area contributed by atoms with Gasteiger partial charge in [0.15, 0.2) is 16.8 Å². The standard InChI is InChI=1S/C18H17ClN6O3S2/c1-25(30(2,27)28)17-13(10-14(19)21-24-17)18(26)20-15-8-9-16(23-22-15)29-11-12-6-4-3-5-7-12/h3-10H,11H2,1-2H3,(H,20,22,26). The quantitative estimate of drug-likeness (QED) is 0.530. The third-order valence-electron chi connectivity index (χ3n) is 3.90. The van der Waals surface area contributed by atoms with Crippen LogP contribution in [-0.2, 0) is 15.8 Å². The smallest absolute Gasteiger partial charge is 0.260 e. The molecule has 0 aliphatic heterocycles. The molecule has 1 aromatic carbocycles. The summed E-state index contributed by atoms with van der Waals surface area (Å²) in [5.41, 5.74) is 1.10. The summed E-state index contributed by atoms with van der Waals surface area (Å²) in [6, 6.07) is 14.5. The Morgan fingerprint density at radius 3 is 2.47 bits per heavy atom. The molecule has 0 saturated heterocycles. The Labute approximate surface area is 182 Å². The minimum atomic E-state index is -3.66. The van der Waals surface area contributed by atoms with Crippen LogP contribution in [0.5, 0.6) is 0 Å². The molecule has 2 aromatic heterocycles. The summed E-state index contributed by atoms with van der Waals surface area (Å²) in [6.07, 6.45) is 0.988. The number of hydrogen-bond acceptors (Lipinski definition) is 8. The lowest BCUT2D eigenvalue weighted by atomic mass is 10.2. The van der Waals surface area contributed by atoms with Crippen LogP contribution >= 0.6 is 23.4 Å². The monoisotopic (exact) mass is 464 g/mol. The minimum absolute atomic E-state index is 0.0513. The molecular formula is C18H17ClN6O3S2. The second kappa shape index (κ2) is 9.37. The Morgan fingerprint density at radius 1 is 1.10 bits per heavy atom. The van der Waals surface area contributed by atoms with E-state index in [0.29, 0.717) is 5.03 Å². The van der Waals surface area contributed by atoms with Crippen molar-refractivity contribution in [3.05, 3.63) is 64.8 Å². The number of rotatable bonds is 7. The van der Waals surface area contributed by atoms with E-state index in [1.807, 2.05) is 30.3 Å². The fourth-order valence-electron chi connectivity index (χ4n) is 2.30. The lowest BCUT2D eigenvalue weighted by Crippen LogP contribution is -2.29. The number of aromatic nitrogens is 4. The second-order valence-electron chi connectivity index (χ2n) is 6.12. The van der Waals surface area contributed by atoms with Crippen molar-refractivity contribution in [1.29, 1.82) is 0 Å². The van der Waals surface area contributed by atoms with Gasteiger partial charge in [-0.3, -0.25) is 9.10 Å². The number of benzene rings is 1. The van der Waals surface area contributed by atoms with Gasteiger partial charge < -0.3 is 5.32 Å². The van der Waals surface area contributed by atoms with Gasteiger partial charge in [-0.05, 0) is 23.8 Å². The van der Waals surface area contributed by atoms with Crippen LogP contribution in [0.4, 0.5) is 11.6 Å². The van der Waals surface area contributed by atoms with Crippen molar-refractivity contribution >= 4 is 50.9 Å². The molecule has 3 aromatic rings. The summed E-state index contributed by atoms with van der Waals surface area (Å²) in [4.78, 5) is 12.7. The first-order valence-corrected chi connectivity index (χ1v) is 11.7. The average Bonchev–Trinajstić information content (AvgIpc) is 2.73. The maximum atomic E-state index is 12.7. The molecule has 12 heteroatoms. The molecule has 0 bridgehead atoms. The Bertz CT molecular complexity index is 1140. The first-order valence-electron chi connectivity index (χ1n) is 8.53. The van der Waals surface area contributed by atoms with Crippen molar-refractivity contribution in [1.82, 2.24) is 20.4 Å². The number of thioether (sulfide) groups is 1. The molecule has 0 saturated carbocycles. The topological polar surface area (TPSA) is 118 Å². The SMILES string of the molecule is CN(c1nnc(Cl)cc1C(=O)Nc1ccc(SCc2ccccc2)nn1)S(C)(=O)=O. The number of nitrogens with zero attached hydrogens (tertiary/aromatic N) is 5. The normalized spacial score (nSPS) is 11.2. The van der Waals surface area contributed by atoms with Crippen LogP contribution in [0, 0.1) is 0 Å². The van der Waals surface area contributed by atoms with Gasteiger partial charge in [0.05, 0.1) is 11.8 Å². The summed E-state index contributed by atoms with van der Waals surface area (Å²) in [5.74, 6) is 0.146. The van der Waals surface area contributed by atoms with Crippen LogP contribution in [-0.4, -0.2) is 48.0 Å². The average molecular weight is 465 g/mol. The molecular weight excluding hydrogens is 448 g/mol. The molecule has 9 nitrogen and oxygen atoms in total. The molecule has 0 unspecified atom stereocenters. The summed E-state index contributed by atoms with van der Waals surface area (Å²) in [5, 5.41) is 18.7. The molecule has 0 spiro atoms. The molecule has 2 heterocycles. The number of carbonyl (C=O) groups excluding carboxylic acids is 1. The molecule has 30 heavy (non-hydrogen) atoms. The maximum Gasteiger partial charge on any atom is 0.260 e. The lowest BCUT2D eigenvalue weighted by molar-refractivity contribution is 0.102. The van der Waals surface area contributed by atoms with Crippen LogP contribution in [0.15, 0.2) is 53.6 Å². The Morgan fingerprint density at radius 2 is 1.83 bits per heavy atom. The zero-order chi connectivity index (χ0) is 21.7. The number of hydrogen-bond donors (Lipinski definition) is 1. The van der Waals surface area contributed by atoms with E-state index in [2.05, 4.69) is 25.7 Å². The van der Waals surface area contributed by atoms with Gasteiger partial charge in [0.1, 0.15) is 5.03 Å². The zero-order valence-corrected chi connectivity index (χ0v) is 18.4. The van der Waals surface area contributed by atoms with Gasteiger partial charge in [0.25, 0.3) is 5.91 Å². The van der Waals surface area contributed by atoms with Gasteiger partial charge in [0.2, 0.25) is 10.0 Å². The fourth-order valence-corrected chi connectivity index (χ4v) is 3.66. The van der Waals surface area contributed by atoms with Crippen LogP contribution in [0.25, 0.3) is 0 Å². The molecule has 0 aliphatic rings. The van der Waals surface area contributed by atoms with Crippen molar-refractivity contribution < 1.29 is 13.2 Å². The van der Waals surface area contributed by atoms with Crippen LogP contribution < -0.4 is 9.62 Å². The van der Waals surface area contributed by atoms with Crippen molar-refractivity contribution in [2.24, 2.45) is 0 Å². The first kappa shape index (κ1) is 21.9. The second-order valence-corrected chi connectivity index (χ2v) is 9.52. The Kier molecular flexibility index (Phi) is 6.85. The highest BCUT2D eigenvalue weighted by molar-refractivity contribution is 7.98. The number of carbonyl (C=O) groups is 1. The van der Waals surface area contributed by atoms with Crippen LogP contribution in [0.2, 0.25) is 5.15 Å². The van der Waals surface area contributed by atoms with Crippen LogP contribution in [0.3, 0.4) is 0 Å². The fraction of sp³-hybridized carbons (Fsp3) is 0.167. The van der Waals surface area contributed by atoms with E-state index >= 15 is 0 Å². The summed E-state index contributed by atoms with van der Waals surface area (Å²) >= 11 is 7.35.